The summed E-state index contributed by atoms with van der Waals surface area (Å²) in [7, 11) is 1.52. The number of hydrogen-bond donors (Lipinski definition) is 1. The average molecular weight is 385 g/mol. The van der Waals surface area contributed by atoms with Crippen LogP contribution >= 0.6 is 0 Å². The zero-order valence-corrected chi connectivity index (χ0v) is 16.1. The summed E-state index contributed by atoms with van der Waals surface area (Å²) in [6.45, 7) is 4.55. The SMILES string of the molecule is CCOc1cccc(C(O)=C2C(=O)C(=O)N(CCOC)[C@H]2c2ccc(C)o2)c1. The number of Topliss-reactive ketones (excluding diaryl/α,β-unsaturated/α-hetero) is 1. The van der Waals surface area contributed by atoms with Gasteiger partial charge in [-0.3, -0.25) is 9.59 Å². The van der Waals surface area contributed by atoms with E-state index in [1.165, 1.54) is 12.0 Å². The summed E-state index contributed by atoms with van der Waals surface area (Å²) in [4.78, 5) is 26.8. The first kappa shape index (κ1) is 19.7. The Kier molecular flexibility index (Phi) is 5.84. The minimum atomic E-state index is -0.820. The Morgan fingerprint density at radius 2 is 2.04 bits per heavy atom. The van der Waals surface area contributed by atoms with Crippen LogP contribution in [0.3, 0.4) is 0 Å². The fourth-order valence-electron chi connectivity index (χ4n) is 3.25. The molecule has 148 valence electrons. The molecular formula is C21H23NO6. The van der Waals surface area contributed by atoms with Crippen LogP contribution in [0.5, 0.6) is 5.75 Å². The molecule has 1 aromatic heterocycles. The quantitative estimate of drug-likeness (QED) is 0.448. The lowest BCUT2D eigenvalue weighted by Crippen LogP contribution is -2.32. The van der Waals surface area contributed by atoms with Crippen molar-refractivity contribution in [1.29, 1.82) is 0 Å². The average Bonchev–Trinajstić information content (AvgIpc) is 3.22. The predicted molar refractivity (Wildman–Crippen MR) is 102 cm³/mol. The van der Waals surface area contributed by atoms with Gasteiger partial charge in [-0.15, -0.1) is 0 Å². The first-order valence-corrected chi connectivity index (χ1v) is 9.04. The van der Waals surface area contributed by atoms with Gasteiger partial charge in [-0.2, -0.15) is 0 Å². The van der Waals surface area contributed by atoms with E-state index in [0.717, 1.165) is 0 Å². The van der Waals surface area contributed by atoms with E-state index in [-0.39, 0.29) is 24.5 Å². The van der Waals surface area contributed by atoms with Gasteiger partial charge in [-0.25, -0.2) is 0 Å². The van der Waals surface area contributed by atoms with Crippen LogP contribution in [0.2, 0.25) is 0 Å². The largest absolute Gasteiger partial charge is 0.507 e. The first-order chi connectivity index (χ1) is 13.5. The maximum Gasteiger partial charge on any atom is 0.295 e. The number of hydrogen-bond acceptors (Lipinski definition) is 6. The van der Waals surface area contributed by atoms with E-state index in [2.05, 4.69) is 0 Å². The maximum absolute atomic E-state index is 12.8. The summed E-state index contributed by atoms with van der Waals surface area (Å²) in [5.41, 5.74) is 0.382. The van der Waals surface area contributed by atoms with Gasteiger partial charge in [0, 0.05) is 19.2 Å². The van der Waals surface area contributed by atoms with Crippen LogP contribution in [0.1, 0.15) is 30.0 Å². The van der Waals surface area contributed by atoms with Crippen molar-refractivity contribution in [1.82, 2.24) is 4.90 Å². The molecule has 0 radical (unpaired) electrons. The van der Waals surface area contributed by atoms with Crippen molar-refractivity contribution in [2.24, 2.45) is 0 Å². The molecule has 2 aromatic rings. The smallest absolute Gasteiger partial charge is 0.295 e. The zero-order valence-electron chi connectivity index (χ0n) is 16.1. The molecule has 7 nitrogen and oxygen atoms in total. The minimum Gasteiger partial charge on any atom is -0.507 e. The fourth-order valence-corrected chi connectivity index (χ4v) is 3.25. The third-order valence-corrected chi connectivity index (χ3v) is 4.53. The lowest BCUT2D eigenvalue weighted by Gasteiger charge is -2.22. The van der Waals surface area contributed by atoms with Crippen molar-refractivity contribution >= 4 is 17.4 Å². The van der Waals surface area contributed by atoms with Crippen molar-refractivity contribution in [2.45, 2.75) is 19.9 Å². The molecule has 1 amide bonds. The number of likely N-dealkylation sites (tertiary alicyclic amines) is 1. The number of nitrogens with zero attached hydrogens (tertiary/aromatic N) is 1. The number of benzene rings is 1. The molecule has 1 aliphatic heterocycles. The Morgan fingerprint density at radius 1 is 1.25 bits per heavy atom. The van der Waals surface area contributed by atoms with Crippen LogP contribution in [0, 0.1) is 6.92 Å². The first-order valence-electron chi connectivity index (χ1n) is 9.04. The molecule has 1 aromatic carbocycles. The van der Waals surface area contributed by atoms with E-state index >= 15 is 0 Å². The molecule has 28 heavy (non-hydrogen) atoms. The number of amides is 1. The van der Waals surface area contributed by atoms with Crippen LogP contribution in [0.4, 0.5) is 0 Å². The summed E-state index contributed by atoms with van der Waals surface area (Å²) in [5.74, 6) is -0.0986. The van der Waals surface area contributed by atoms with Crippen molar-refractivity contribution < 1.29 is 28.6 Å². The Balaban J connectivity index is 2.12. The second-order valence-electron chi connectivity index (χ2n) is 6.39. The van der Waals surface area contributed by atoms with E-state index in [9.17, 15) is 14.7 Å². The Hall–Kier alpha value is -3.06. The molecule has 0 unspecified atom stereocenters. The van der Waals surface area contributed by atoms with E-state index in [4.69, 9.17) is 13.9 Å². The summed E-state index contributed by atoms with van der Waals surface area (Å²) >= 11 is 0. The number of aliphatic hydroxyl groups excluding tert-OH is 1. The molecule has 0 aliphatic carbocycles. The summed E-state index contributed by atoms with van der Waals surface area (Å²) < 4.78 is 16.2. The lowest BCUT2D eigenvalue weighted by atomic mass is 9.99. The summed E-state index contributed by atoms with van der Waals surface area (Å²) in [5, 5.41) is 10.9. The number of aryl methyl sites for hydroxylation is 1. The highest BCUT2D eigenvalue weighted by atomic mass is 16.5. The minimum absolute atomic E-state index is 0.0101. The Morgan fingerprint density at radius 3 is 2.68 bits per heavy atom. The van der Waals surface area contributed by atoms with Crippen LogP contribution in [0.15, 0.2) is 46.4 Å². The van der Waals surface area contributed by atoms with Crippen LogP contribution < -0.4 is 4.74 Å². The van der Waals surface area contributed by atoms with E-state index in [1.54, 1.807) is 43.3 Å². The third kappa shape index (κ3) is 3.66. The Bertz CT molecular complexity index is 913. The number of carbonyl (C=O) groups is 2. The molecule has 3 rings (SSSR count). The van der Waals surface area contributed by atoms with E-state index < -0.39 is 17.7 Å². The van der Waals surface area contributed by atoms with Crippen molar-refractivity contribution in [3.63, 3.8) is 0 Å². The number of carbonyl (C=O) groups excluding carboxylic acids is 2. The van der Waals surface area contributed by atoms with Gasteiger partial charge in [-0.1, -0.05) is 12.1 Å². The standard InChI is InChI=1S/C21H23NO6/c1-4-27-15-7-5-6-14(12-15)19(23)17-18(16-9-8-13(2)28-16)22(10-11-26-3)21(25)20(17)24/h5-9,12,18,23H,4,10-11H2,1-3H3/t18-/m0/s1. The number of methoxy groups -OCH3 is 1. The van der Waals surface area contributed by atoms with E-state index in [0.29, 0.717) is 29.4 Å². The molecule has 1 aliphatic rings. The Labute approximate surface area is 163 Å². The van der Waals surface area contributed by atoms with Gasteiger partial charge in [0.15, 0.2) is 0 Å². The van der Waals surface area contributed by atoms with Crippen LogP contribution in [0.25, 0.3) is 5.76 Å². The lowest BCUT2D eigenvalue weighted by molar-refractivity contribution is -0.140. The normalized spacial score (nSPS) is 18.7. The zero-order chi connectivity index (χ0) is 20.3. The predicted octanol–water partition coefficient (Wildman–Crippen LogP) is 3.05. The molecule has 0 saturated carbocycles. The molecule has 1 atom stereocenters. The van der Waals surface area contributed by atoms with Gasteiger partial charge in [0.2, 0.25) is 0 Å². The molecule has 1 fully saturated rings. The van der Waals surface area contributed by atoms with Gasteiger partial charge in [0.1, 0.15) is 29.1 Å². The van der Waals surface area contributed by atoms with Crippen molar-refractivity contribution in [3.05, 3.63) is 59.1 Å². The molecule has 1 saturated heterocycles. The molecule has 2 heterocycles. The molecule has 0 spiro atoms. The molecule has 1 N–H and O–H groups in total. The molecule has 0 bridgehead atoms. The highest BCUT2D eigenvalue weighted by Gasteiger charge is 2.47. The molecule has 7 heteroatoms. The second-order valence-corrected chi connectivity index (χ2v) is 6.39. The number of furan rings is 1. The number of aliphatic hydroxyl groups is 1. The topological polar surface area (TPSA) is 89.2 Å². The van der Waals surface area contributed by atoms with Crippen LogP contribution in [-0.4, -0.2) is 48.6 Å². The second kappa shape index (κ2) is 8.31. The monoisotopic (exact) mass is 385 g/mol. The van der Waals surface area contributed by atoms with Crippen molar-refractivity contribution in [2.75, 3.05) is 26.9 Å². The van der Waals surface area contributed by atoms with Crippen molar-refractivity contribution in [3.8, 4) is 5.75 Å². The number of ether oxygens (including phenoxy) is 2. The van der Waals surface area contributed by atoms with Gasteiger partial charge < -0.3 is 23.9 Å². The highest BCUT2D eigenvalue weighted by molar-refractivity contribution is 6.46. The summed E-state index contributed by atoms with van der Waals surface area (Å²) in [6.07, 6.45) is 0. The van der Waals surface area contributed by atoms with Crippen LogP contribution in [-0.2, 0) is 14.3 Å². The van der Waals surface area contributed by atoms with Gasteiger partial charge in [0.25, 0.3) is 11.7 Å². The highest BCUT2D eigenvalue weighted by Crippen LogP contribution is 2.40. The third-order valence-electron chi connectivity index (χ3n) is 4.53. The maximum atomic E-state index is 12.8. The van der Waals surface area contributed by atoms with Gasteiger partial charge in [0.05, 0.1) is 18.8 Å². The summed E-state index contributed by atoms with van der Waals surface area (Å²) in [6, 6.07) is 9.39. The number of ketones is 1. The van der Waals surface area contributed by atoms with E-state index in [1.807, 2.05) is 6.92 Å². The van der Waals surface area contributed by atoms with Gasteiger partial charge >= 0.3 is 0 Å². The molecular weight excluding hydrogens is 362 g/mol. The van der Waals surface area contributed by atoms with Gasteiger partial charge in [-0.05, 0) is 38.1 Å². The number of rotatable bonds is 7. The fraction of sp³-hybridized carbons (Fsp3) is 0.333.